The van der Waals surface area contributed by atoms with Gasteiger partial charge >= 0.3 is 59.1 Å². The smallest absolute Gasteiger partial charge is 1.00 e. The molecule has 1 aromatic rings. The molecule has 0 unspecified atom stereocenters. The predicted octanol–water partition coefficient (Wildman–Crippen LogP) is -3.44. The van der Waals surface area contributed by atoms with Gasteiger partial charge in [-0.05, 0) is 5.56 Å². The summed E-state index contributed by atoms with van der Waals surface area (Å²) in [6, 6.07) is 10.0. The van der Waals surface area contributed by atoms with E-state index in [1.165, 1.54) is 5.56 Å². The Labute approximate surface area is 109 Å². The Morgan fingerprint density at radius 1 is 1.10 bits per heavy atom. The average Bonchev–Trinajstić information content (AvgIpc) is 1.90. The molecule has 0 aromatic heterocycles. The summed E-state index contributed by atoms with van der Waals surface area (Å²) in [7, 11) is 0. The molecule has 0 radical (unpaired) electrons. The molecule has 0 atom stereocenters. The van der Waals surface area contributed by atoms with Gasteiger partial charge in [-0.15, -0.1) is 0 Å². The van der Waals surface area contributed by atoms with Crippen LogP contribution in [-0.4, -0.2) is 0 Å². The molecule has 0 fully saturated rings. The fraction of sp³-hybridized carbons (Fsp3) is 0. The monoisotopic (exact) mass is 152 g/mol. The molecule has 0 amide bonds. The summed E-state index contributed by atoms with van der Waals surface area (Å²) in [5, 5.41) is 0. The van der Waals surface area contributed by atoms with Crippen molar-refractivity contribution in [1.29, 1.82) is 0 Å². The molecule has 44 valence electrons. The van der Waals surface area contributed by atoms with E-state index in [0.29, 0.717) is 0 Å². The third-order valence-corrected chi connectivity index (χ3v) is 1.04. The van der Waals surface area contributed by atoms with Gasteiger partial charge in [-0.3, -0.25) is 0 Å². The molecule has 0 saturated heterocycles. The number of benzene rings is 1. The van der Waals surface area contributed by atoms with E-state index in [-0.39, 0.29) is 62.0 Å². The maximum Gasteiger partial charge on any atom is 1.00 e. The maximum absolute atomic E-state index is 3.63. The van der Waals surface area contributed by atoms with Gasteiger partial charge < -0.3 is 2.85 Å². The van der Waals surface area contributed by atoms with Gasteiger partial charge in [0.05, 0.1) is 0 Å². The average molecular weight is 152 g/mol. The van der Waals surface area contributed by atoms with Crippen LogP contribution >= 0.6 is 0 Å². The summed E-state index contributed by atoms with van der Waals surface area (Å²) in [6.07, 6.45) is 1.83. The zero-order valence-electron chi connectivity index (χ0n) is 8.67. The minimum atomic E-state index is 0. The topological polar surface area (TPSA) is 0 Å². The molecule has 1 rings (SSSR count). The van der Waals surface area contributed by atoms with E-state index in [0.717, 1.165) is 0 Å². The fourth-order valence-corrected chi connectivity index (χ4v) is 0.589. The van der Waals surface area contributed by atoms with Crippen molar-refractivity contribution in [1.82, 2.24) is 0 Å². The van der Waals surface area contributed by atoms with Crippen molar-refractivity contribution < 1.29 is 62.0 Å². The van der Waals surface area contributed by atoms with Crippen LogP contribution in [0.4, 0.5) is 0 Å². The van der Waals surface area contributed by atoms with Crippen LogP contribution in [0.5, 0.6) is 0 Å². The van der Waals surface area contributed by atoms with Crippen LogP contribution in [0.15, 0.2) is 36.9 Å². The Kier molecular flexibility index (Phi) is 10.9. The second kappa shape index (κ2) is 8.06. The first-order valence-corrected chi connectivity index (χ1v) is 2.61. The number of rotatable bonds is 1. The van der Waals surface area contributed by atoms with Gasteiger partial charge in [-0.25, -0.2) is 0 Å². The Morgan fingerprint density at radius 3 is 1.90 bits per heavy atom. The van der Waals surface area contributed by atoms with Crippen LogP contribution in [0.3, 0.4) is 0 Å². The Hall–Kier alpha value is 0.960. The summed E-state index contributed by atoms with van der Waals surface area (Å²) in [6.45, 7) is 3.63. The third kappa shape index (κ3) is 4.73. The summed E-state index contributed by atoms with van der Waals surface area (Å²) in [5.41, 5.74) is 1.17. The van der Waals surface area contributed by atoms with Crippen LogP contribution in [-0.2, 0) is 0 Å². The van der Waals surface area contributed by atoms with Crippen molar-refractivity contribution in [3.05, 3.63) is 42.5 Å². The second-order valence-corrected chi connectivity index (χ2v) is 1.61. The van der Waals surface area contributed by atoms with E-state index in [1.807, 2.05) is 36.4 Å². The Balaban J connectivity index is -0.0000000800. The van der Waals surface area contributed by atoms with Gasteiger partial charge in [0.15, 0.2) is 0 Å². The zero-order valence-corrected chi connectivity index (χ0v) is 10.7. The fourth-order valence-electron chi connectivity index (χ4n) is 0.589. The third-order valence-electron chi connectivity index (χ3n) is 1.04. The van der Waals surface area contributed by atoms with E-state index >= 15 is 0 Å². The first-order valence-electron chi connectivity index (χ1n) is 2.61. The first-order chi connectivity index (χ1) is 3.93. The Bertz CT molecular complexity index is 178. The molecule has 0 aliphatic carbocycles. The predicted molar refractivity (Wildman–Crippen MR) is 38.8 cm³/mol. The standard InChI is InChI=1S/C8H8.2Na.2H/c1-2-8-6-4-3-5-7-8;;;;/h2-7H,1H2;;;;/q;2*+1;2*-1. The maximum atomic E-state index is 3.63. The Morgan fingerprint density at radius 2 is 1.60 bits per heavy atom. The van der Waals surface area contributed by atoms with Gasteiger partial charge in [0.2, 0.25) is 0 Å². The van der Waals surface area contributed by atoms with Gasteiger partial charge in [-0.1, -0.05) is 43.0 Å². The first kappa shape index (κ1) is 13.5. The molecule has 0 N–H and O–H groups in total. The van der Waals surface area contributed by atoms with Crippen molar-refractivity contribution >= 4 is 6.08 Å². The van der Waals surface area contributed by atoms with Crippen molar-refractivity contribution in [3.8, 4) is 0 Å². The molecular weight excluding hydrogens is 142 g/mol. The van der Waals surface area contributed by atoms with Crippen molar-refractivity contribution in [2.75, 3.05) is 0 Å². The van der Waals surface area contributed by atoms with Crippen LogP contribution in [0, 0.1) is 0 Å². The molecule has 0 nitrogen and oxygen atoms in total. The summed E-state index contributed by atoms with van der Waals surface area (Å²) in [5.74, 6) is 0. The van der Waals surface area contributed by atoms with Crippen LogP contribution in [0.2, 0.25) is 0 Å². The summed E-state index contributed by atoms with van der Waals surface area (Å²) in [4.78, 5) is 0. The van der Waals surface area contributed by atoms with E-state index in [1.54, 1.807) is 0 Å². The van der Waals surface area contributed by atoms with Gasteiger partial charge in [0, 0.05) is 0 Å². The van der Waals surface area contributed by atoms with E-state index in [4.69, 9.17) is 0 Å². The van der Waals surface area contributed by atoms with Gasteiger partial charge in [0.25, 0.3) is 0 Å². The molecule has 0 aliphatic heterocycles. The molecule has 0 spiro atoms. The van der Waals surface area contributed by atoms with Gasteiger partial charge in [-0.2, -0.15) is 0 Å². The van der Waals surface area contributed by atoms with E-state index in [9.17, 15) is 0 Å². The molecule has 10 heavy (non-hydrogen) atoms. The molecule has 2 heteroatoms. The van der Waals surface area contributed by atoms with E-state index in [2.05, 4.69) is 6.58 Å². The van der Waals surface area contributed by atoms with Crippen LogP contribution in [0.1, 0.15) is 8.42 Å². The summed E-state index contributed by atoms with van der Waals surface area (Å²) < 4.78 is 0. The largest absolute Gasteiger partial charge is 1.00 e. The minimum absolute atomic E-state index is 0. The van der Waals surface area contributed by atoms with Crippen molar-refractivity contribution in [2.24, 2.45) is 0 Å². The molecule has 0 heterocycles. The minimum Gasteiger partial charge on any atom is -1.00 e. The molecule has 1 aromatic carbocycles. The second-order valence-electron chi connectivity index (χ2n) is 1.61. The molecule has 0 bridgehead atoms. The van der Waals surface area contributed by atoms with Crippen LogP contribution < -0.4 is 59.1 Å². The molecule has 0 saturated carbocycles. The number of hydrogen-bond acceptors (Lipinski definition) is 0. The quantitative estimate of drug-likeness (QED) is 0.367. The van der Waals surface area contributed by atoms with Gasteiger partial charge in [0.1, 0.15) is 0 Å². The van der Waals surface area contributed by atoms with Crippen molar-refractivity contribution in [3.63, 3.8) is 0 Å². The summed E-state index contributed by atoms with van der Waals surface area (Å²) >= 11 is 0. The zero-order chi connectivity index (χ0) is 5.82. The van der Waals surface area contributed by atoms with E-state index < -0.39 is 0 Å². The molecular formula is C8H10Na2. The SMILES string of the molecule is C=Cc1ccccc1.[H-].[H-].[Na+].[Na+]. The van der Waals surface area contributed by atoms with Crippen LogP contribution in [0.25, 0.3) is 6.08 Å². The van der Waals surface area contributed by atoms with Crippen molar-refractivity contribution in [2.45, 2.75) is 0 Å². The normalized spacial score (nSPS) is 6.80. The molecule has 0 aliphatic rings. The number of hydrogen-bond donors (Lipinski definition) is 0.